The highest BCUT2D eigenvalue weighted by Gasteiger charge is 2.35. The molecule has 0 saturated heterocycles. The second kappa shape index (κ2) is 4.83. The molecule has 0 aliphatic rings. The van der Waals surface area contributed by atoms with Crippen LogP contribution in [0.5, 0.6) is 0 Å². The molecule has 0 aliphatic carbocycles. The number of aromatic nitrogens is 2. The van der Waals surface area contributed by atoms with Crippen LogP contribution in [0.3, 0.4) is 0 Å². The molecule has 0 unspecified atom stereocenters. The van der Waals surface area contributed by atoms with E-state index < -0.39 is 40.4 Å². The Kier molecular flexibility index (Phi) is 3.44. The fourth-order valence-corrected chi connectivity index (χ4v) is 1.78. The summed E-state index contributed by atoms with van der Waals surface area (Å²) in [5.41, 5.74) is -4.84. The molecule has 112 valence electrons. The van der Waals surface area contributed by atoms with Crippen molar-refractivity contribution in [1.82, 2.24) is 9.13 Å². The standard InChI is InChI=1S/C12H7F5N2O2/c1-18-9(12(15,16)17)5-10(20)19(11(18)21)8-3-2-6(13)4-7(8)14/h2-5H,1H3. The van der Waals surface area contributed by atoms with E-state index in [0.717, 1.165) is 19.2 Å². The molecule has 0 amide bonds. The van der Waals surface area contributed by atoms with Gasteiger partial charge in [-0.25, -0.2) is 18.1 Å². The summed E-state index contributed by atoms with van der Waals surface area (Å²) in [6.07, 6.45) is -4.91. The lowest BCUT2D eigenvalue weighted by Gasteiger charge is -2.14. The number of nitrogens with zero attached hydrogens (tertiary/aromatic N) is 2. The lowest BCUT2D eigenvalue weighted by molar-refractivity contribution is -0.144. The van der Waals surface area contributed by atoms with E-state index in [9.17, 15) is 31.5 Å². The Morgan fingerprint density at radius 3 is 2.19 bits per heavy atom. The van der Waals surface area contributed by atoms with E-state index in [1.54, 1.807) is 0 Å². The maximum Gasteiger partial charge on any atom is 0.431 e. The van der Waals surface area contributed by atoms with E-state index in [4.69, 9.17) is 0 Å². The molecule has 1 heterocycles. The highest BCUT2D eigenvalue weighted by atomic mass is 19.4. The smallest absolute Gasteiger partial charge is 0.292 e. The molecule has 0 saturated carbocycles. The summed E-state index contributed by atoms with van der Waals surface area (Å²) < 4.78 is 64.7. The predicted octanol–water partition coefficient (Wildman–Crippen LogP) is 1.83. The summed E-state index contributed by atoms with van der Waals surface area (Å²) in [6, 6.07) is 2.16. The second-order valence-electron chi connectivity index (χ2n) is 4.14. The van der Waals surface area contributed by atoms with Crippen LogP contribution in [0.2, 0.25) is 0 Å². The lowest BCUT2D eigenvalue weighted by atomic mass is 10.3. The zero-order chi connectivity index (χ0) is 15.9. The largest absolute Gasteiger partial charge is 0.431 e. The van der Waals surface area contributed by atoms with E-state index in [0.29, 0.717) is 6.07 Å². The van der Waals surface area contributed by atoms with Gasteiger partial charge in [0.15, 0.2) is 0 Å². The van der Waals surface area contributed by atoms with Gasteiger partial charge in [0.25, 0.3) is 5.56 Å². The first-order valence-corrected chi connectivity index (χ1v) is 5.48. The van der Waals surface area contributed by atoms with Crippen LogP contribution >= 0.6 is 0 Å². The number of hydrogen-bond donors (Lipinski definition) is 0. The van der Waals surface area contributed by atoms with Gasteiger partial charge in [-0.15, -0.1) is 0 Å². The SMILES string of the molecule is Cn1c(C(F)(F)F)cc(=O)n(-c2ccc(F)cc2F)c1=O. The maximum atomic E-state index is 13.6. The van der Waals surface area contributed by atoms with Crippen molar-refractivity contribution in [3.63, 3.8) is 0 Å². The Balaban J connectivity index is 2.82. The van der Waals surface area contributed by atoms with Gasteiger partial charge < -0.3 is 0 Å². The molecule has 4 nitrogen and oxygen atoms in total. The van der Waals surface area contributed by atoms with Crippen molar-refractivity contribution < 1.29 is 22.0 Å². The normalized spacial score (nSPS) is 11.7. The third-order valence-electron chi connectivity index (χ3n) is 2.76. The molecule has 1 aromatic heterocycles. The van der Waals surface area contributed by atoms with E-state index in [1.165, 1.54) is 0 Å². The lowest BCUT2D eigenvalue weighted by Crippen LogP contribution is -2.41. The summed E-state index contributed by atoms with van der Waals surface area (Å²) in [5.74, 6) is -2.19. The molecule has 0 N–H and O–H groups in total. The van der Waals surface area contributed by atoms with Gasteiger partial charge in [-0.1, -0.05) is 0 Å². The molecule has 2 rings (SSSR count). The molecule has 0 radical (unpaired) electrons. The van der Waals surface area contributed by atoms with Crippen LogP contribution in [0, 0.1) is 11.6 Å². The van der Waals surface area contributed by atoms with Crippen LogP contribution in [0.4, 0.5) is 22.0 Å². The van der Waals surface area contributed by atoms with Gasteiger partial charge in [0.1, 0.15) is 17.3 Å². The maximum absolute atomic E-state index is 13.6. The number of alkyl halides is 3. The van der Waals surface area contributed by atoms with Gasteiger partial charge in [-0.05, 0) is 12.1 Å². The molecule has 9 heteroatoms. The van der Waals surface area contributed by atoms with Crippen LogP contribution < -0.4 is 11.2 Å². The average molecular weight is 306 g/mol. The Bertz CT molecular complexity index is 820. The zero-order valence-corrected chi connectivity index (χ0v) is 10.4. The minimum absolute atomic E-state index is 0.171. The van der Waals surface area contributed by atoms with Crippen molar-refractivity contribution in [2.24, 2.45) is 7.05 Å². The molecule has 1 aromatic carbocycles. The number of rotatable bonds is 1. The van der Waals surface area contributed by atoms with Gasteiger partial charge in [-0.3, -0.25) is 9.36 Å². The Hall–Kier alpha value is -2.45. The van der Waals surface area contributed by atoms with Crippen molar-refractivity contribution in [1.29, 1.82) is 0 Å². The number of benzene rings is 1. The molecule has 0 spiro atoms. The van der Waals surface area contributed by atoms with Crippen LogP contribution in [0.15, 0.2) is 33.9 Å². The van der Waals surface area contributed by atoms with Gasteiger partial charge in [0.05, 0.1) is 5.69 Å². The molecule has 0 bridgehead atoms. The molecule has 2 aromatic rings. The monoisotopic (exact) mass is 306 g/mol. The number of hydrogen-bond acceptors (Lipinski definition) is 2. The van der Waals surface area contributed by atoms with Crippen molar-refractivity contribution in [3.8, 4) is 5.69 Å². The minimum Gasteiger partial charge on any atom is -0.292 e. The first kappa shape index (κ1) is 14.9. The van der Waals surface area contributed by atoms with Crippen molar-refractivity contribution >= 4 is 0 Å². The fraction of sp³-hybridized carbons (Fsp3) is 0.167. The summed E-state index contributed by atoms with van der Waals surface area (Å²) in [7, 11) is 0.794. The molecule has 0 fully saturated rings. The molecule has 0 aliphatic heterocycles. The molecule has 21 heavy (non-hydrogen) atoms. The Morgan fingerprint density at radius 1 is 1.05 bits per heavy atom. The average Bonchev–Trinajstić information content (AvgIpc) is 2.35. The third-order valence-corrected chi connectivity index (χ3v) is 2.76. The van der Waals surface area contributed by atoms with E-state index in [2.05, 4.69) is 0 Å². The fourth-order valence-electron chi connectivity index (χ4n) is 1.78. The summed E-state index contributed by atoms with van der Waals surface area (Å²) in [5, 5.41) is 0. The minimum atomic E-state index is -4.91. The summed E-state index contributed by atoms with van der Waals surface area (Å²) in [6.45, 7) is 0. The van der Waals surface area contributed by atoms with Gasteiger partial charge in [0.2, 0.25) is 0 Å². The topological polar surface area (TPSA) is 44.0 Å². The van der Waals surface area contributed by atoms with Crippen molar-refractivity contribution in [2.75, 3.05) is 0 Å². The quantitative estimate of drug-likeness (QED) is 0.755. The van der Waals surface area contributed by atoms with Crippen molar-refractivity contribution in [2.45, 2.75) is 6.18 Å². The van der Waals surface area contributed by atoms with Crippen LogP contribution in [-0.2, 0) is 13.2 Å². The first-order chi connectivity index (χ1) is 9.62. The second-order valence-corrected chi connectivity index (χ2v) is 4.14. The van der Waals surface area contributed by atoms with Crippen molar-refractivity contribution in [3.05, 3.63) is 62.4 Å². The molecular weight excluding hydrogens is 299 g/mol. The van der Waals surface area contributed by atoms with Crippen LogP contribution in [-0.4, -0.2) is 9.13 Å². The Morgan fingerprint density at radius 2 is 1.67 bits per heavy atom. The van der Waals surface area contributed by atoms with E-state index >= 15 is 0 Å². The van der Waals surface area contributed by atoms with E-state index in [1.807, 2.05) is 0 Å². The summed E-state index contributed by atoms with van der Waals surface area (Å²) in [4.78, 5) is 23.5. The predicted molar refractivity (Wildman–Crippen MR) is 62.2 cm³/mol. The van der Waals surface area contributed by atoms with Crippen LogP contribution in [0.1, 0.15) is 5.69 Å². The molecule has 0 atom stereocenters. The third kappa shape index (κ3) is 2.58. The van der Waals surface area contributed by atoms with E-state index in [-0.39, 0.29) is 15.2 Å². The van der Waals surface area contributed by atoms with Gasteiger partial charge in [0, 0.05) is 19.2 Å². The zero-order valence-electron chi connectivity index (χ0n) is 10.4. The highest BCUT2D eigenvalue weighted by molar-refractivity contribution is 5.34. The molecular formula is C12H7F5N2O2. The Labute approximate surface area is 113 Å². The van der Waals surface area contributed by atoms with Gasteiger partial charge in [-0.2, -0.15) is 13.2 Å². The van der Waals surface area contributed by atoms with Gasteiger partial charge >= 0.3 is 11.9 Å². The summed E-state index contributed by atoms with van der Waals surface area (Å²) >= 11 is 0. The highest BCUT2D eigenvalue weighted by Crippen LogP contribution is 2.27. The van der Waals surface area contributed by atoms with Crippen LogP contribution in [0.25, 0.3) is 5.69 Å². The number of halogens is 5. The first-order valence-electron chi connectivity index (χ1n) is 5.48.